The third-order valence-electron chi connectivity index (χ3n) is 3.52. The van der Waals surface area contributed by atoms with Gasteiger partial charge in [-0.2, -0.15) is 0 Å². The van der Waals surface area contributed by atoms with Gasteiger partial charge in [0, 0.05) is 17.8 Å². The number of hydrogen-bond acceptors (Lipinski definition) is 6. The van der Waals surface area contributed by atoms with Gasteiger partial charge < -0.3 is 19.5 Å². The molecule has 27 heavy (non-hydrogen) atoms. The first-order valence-corrected chi connectivity index (χ1v) is 8.00. The summed E-state index contributed by atoms with van der Waals surface area (Å²) in [5, 5.41) is 13.4. The fraction of sp³-hybridized carbons (Fsp3) is 0.167. The number of benzene rings is 2. The standard InChI is InChI=1S/C18H17ClN2O6/c1-25-15-8-11(9-16(26-2)18(15)27-3)4-7-17(22)20-12-5-6-13(19)14(10-12)21(23)24/h4-10H,1-3H3,(H,20,22). The van der Waals surface area contributed by atoms with Gasteiger partial charge in [0.25, 0.3) is 5.69 Å². The molecular formula is C18H17ClN2O6. The Morgan fingerprint density at radius 1 is 1.11 bits per heavy atom. The van der Waals surface area contributed by atoms with Gasteiger partial charge in [0.1, 0.15) is 5.02 Å². The van der Waals surface area contributed by atoms with E-state index in [0.29, 0.717) is 22.8 Å². The van der Waals surface area contributed by atoms with Crippen molar-refractivity contribution in [1.29, 1.82) is 0 Å². The lowest BCUT2D eigenvalue weighted by atomic mass is 10.1. The molecule has 0 fully saturated rings. The number of methoxy groups -OCH3 is 3. The number of carbonyl (C=O) groups is 1. The average molecular weight is 393 g/mol. The fourth-order valence-corrected chi connectivity index (χ4v) is 2.47. The van der Waals surface area contributed by atoms with Crippen molar-refractivity contribution in [2.45, 2.75) is 0 Å². The topological polar surface area (TPSA) is 99.9 Å². The molecule has 142 valence electrons. The third kappa shape index (κ3) is 4.89. The highest BCUT2D eigenvalue weighted by Crippen LogP contribution is 2.38. The van der Waals surface area contributed by atoms with E-state index in [1.54, 1.807) is 18.2 Å². The summed E-state index contributed by atoms with van der Waals surface area (Å²) in [4.78, 5) is 22.4. The highest BCUT2D eigenvalue weighted by atomic mass is 35.5. The lowest BCUT2D eigenvalue weighted by molar-refractivity contribution is -0.384. The highest BCUT2D eigenvalue weighted by Gasteiger charge is 2.14. The van der Waals surface area contributed by atoms with Crippen molar-refractivity contribution in [1.82, 2.24) is 0 Å². The lowest BCUT2D eigenvalue weighted by Crippen LogP contribution is -2.08. The number of nitrogens with one attached hydrogen (secondary N) is 1. The molecule has 0 saturated heterocycles. The summed E-state index contributed by atoms with van der Waals surface area (Å²) in [5.41, 5.74) is 0.607. The second-order valence-corrected chi connectivity index (χ2v) is 5.61. The third-order valence-corrected chi connectivity index (χ3v) is 3.84. The van der Waals surface area contributed by atoms with Crippen LogP contribution < -0.4 is 19.5 Å². The Morgan fingerprint density at radius 2 is 1.74 bits per heavy atom. The molecule has 0 heterocycles. The van der Waals surface area contributed by atoms with E-state index in [9.17, 15) is 14.9 Å². The van der Waals surface area contributed by atoms with Crippen LogP contribution in [0.15, 0.2) is 36.4 Å². The number of carbonyl (C=O) groups excluding carboxylic acids is 1. The minimum absolute atomic E-state index is 0.00837. The molecule has 0 aliphatic carbocycles. The van der Waals surface area contributed by atoms with Crippen molar-refractivity contribution in [3.8, 4) is 17.2 Å². The van der Waals surface area contributed by atoms with Gasteiger partial charge in [0.2, 0.25) is 11.7 Å². The van der Waals surface area contributed by atoms with Crippen molar-refractivity contribution in [2.75, 3.05) is 26.6 Å². The van der Waals surface area contributed by atoms with Crippen molar-refractivity contribution < 1.29 is 23.9 Å². The fourth-order valence-electron chi connectivity index (χ4n) is 2.28. The Labute approximate surface area is 160 Å². The maximum atomic E-state index is 12.1. The molecule has 0 spiro atoms. The zero-order chi connectivity index (χ0) is 20.0. The van der Waals surface area contributed by atoms with Crippen LogP contribution in [0.25, 0.3) is 6.08 Å². The van der Waals surface area contributed by atoms with Crippen LogP contribution in [0.3, 0.4) is 0 Å². The van der Waals surface area contributed by atoms with Gasteiger partial charge in [-0.25, -0.2) is 0 Å². The second kappa shape index (κ2) is 8.91. The van der Waals surface area contributed by atoms with Crippen LogP contribution in [0, 0.1) is 10.1 Å². The predicted molar refractivity (Wildman–Crippen MR) is 102 cm³/mol. The van der Waals surface area contributed by atoms with E-state index in [1.807, 2.05) is 0 Å². The molecule has 8 nitrogen and oxygen atoms in total. The van der Waals surface area contributed by atoms with E-state index >= 15 is 0 Å². The minimum atomic E-state index is -0.621. The van der Waals surface area contributed by atoms with Crippen LogP contribution in [-0.4, -0.2) is 32.2 Å². The van der Waals surface area contributed by atoms with E-state index < -0.39 is 10.8 Å². The molecule has 1 amide bonds. The summed E-state index contributed by atoms with van der Waals surface area (Å²) in [5.74, 6) is 0.867. The summed E-state index contributed by atoms with van der Waals surface area (Å²) in [6.07, 6.45) is 2.82. The van der Waals surface area contributed by atoms with Gasteiger partial charge in [0.05, 0.1) is 26.3 Å². The molecule has 2 aromatic rings. The van der Waals surface area contributed by atoms with Gasteiger partial charge in [-0.1, -0.05) is 11.6 Å². The maximum absolute atomic E-state index is 12.1. The quantitative estimate of drug-likeness (QED) is 0.435. The van der Waals surface area contributed by atoms with E-state index in [4.69, 9.17) is 25.8 Å². The largest absolute Gasteiger partial charge is 0.493 e. The number of nitro groups is 1. The summed E-state index contributed by atoms with van der Waals surface area (Å²) in [6.45, 7) is 0. The maximum Gasteiger partial charge on any atom is 0.289 e. The second-order valence-electron chi connectivity index (χ2n) is 5.20. The van der Waals surface area contributed by atoms with Gasteiger partial charge in [-0.05, 0) is 35.9 Å². The number of hydrogen-bond donors (Lipinski definition) is 1. The number of amides is 1. The van der Waals surface area contributed by atoms with E-state index in [1.165, 1.54) is 45.6 Å². The first-order valence-electron chi connectivity index (χ1n) is 7.62. The summed E-state index contributed by atoms with van der Waals surface area (Å²) in [7, 11) is 4.48. The number of nitro benzene ring substituents is 1. The number of ether oxygens (including phenoxy) is 3. The van der Waals surface area contributed by atoms with Crippen molar-refractivity contribution in [3.63, 3.8) is 0 Å². The monoisotopic (exact) mass is 392 g/mol. The molecule has 1 N–H and O–H groups in total. The van der Waals surface area contributed by atoms with Crippen LogP contribution in [0.1, 0.15) is 5.56 Å². The predicted octanol–water partition coefficient (Wildman–Crippen LogP) is 3.93. The van der Waals surface area contributed by atoms with Crippen molar-refractivity contribution >= 4 is 35.0 Å². The Balaban J connectivity index is 2.20. The van der Waals surface area contributed by atoms with Gasteiger partial charge in [0.15, 0.2) is 11.5 Å². The minimum Gasteiger partial charge on any atom is -0.493 e. The molecule has 0 aliphatic rings. The number of rotatable bonds is 7. The zero-order valence-electron chi connectivity index (χ0n) is 14.8. The van der Waals surface area contributed by atoms with Crippen molar-refractivity contribution in [3.05, 3.63) is 57.1 Å². The number of anilines is 1. The summed E-state index contributed by atoms with van der Waals surface area (Å²) < 4.78 is 15.7. The molecule has 0 aromatic heterocycles. The number of nitrogens with zero attached hydrogens (tertiary/aromatic N) is 1. The molecule has 2 rings (SSSR count). The normalized spacial score (nSPS) is 10.5. The SMILES string of the molecule is COc1cc(C=CC(=O)Nc2ccc(Cl)c([N+](=O)[O-])c2)cc(OC)c1OC. The van der Waals surface area contributed by atoms with E-state index in [2.05, 4.69) is 5.32 Å². The van der Waals surface area contributed by atoms with Gasteiger partial charge in [-0.3, -0.25) is 14.9 Å². The smallest absolute Gasteiger partial charge is 0.289 e. The van der Waals surface area contributed by atoms with Gasteiger partial charge in [-0.15, -0.1) is 0 Å². The first kappa shape index (κ1) is 20.1. The number of halogens is 1. The average Bonchev–Trinajstić information content (AvgIpc) is 2.66. The van der Waals surface area contributed by atoms with Crippen LogP contribution in [-0.2, 0) is 4.79 Å². The van der Waals surface area contributed by atoms with Crippen LogP contribution in [0.2, 0.25) is 5.02 Å². The Morgan fingerprint density at radius 3 is 2.26 bits per heavy atom. The molecule has 0 saturated carbocycles. The van der Waals surface area contributed by atoms with Crippen LogP contribution in [0.4, 0.5) is 11.4 Å². The Kier molecular flexibility index (Phi) is 6.62. The molecule has 2 aromatic carbocycles. The van der Waals surface area contributed by atoms with Crippen molar-refractivity contribution in [2.24, 2.45) is 0 Å². The molecule has 0 aliphatic heterocycles. The molecule has 0 atom stereocenters. The molecular weight excluding hydrogens is 376 g/mol. The van der Waals surface area contributed by atoms with Crippen LogP contribution >= 0.6 is 11.6 Å². The van der Waals surface area contributed by atoms with E-state index in [0.717, 1.165) is 0 Å². The summed E-state index contributed by atoms with van der Waals surface area (Å²) >= 11 is 5.75. The van der Waals surface area contributed by atoms with Crippen LogP contribution in [0.5, 0.6) is 17.2 Å². The highest BCUT2D eigenvalue weighted by molar-refractivity contribution is 6.32. The Hall–Kier alpha value is -3.26. The lowest BCUT2D eigenvalue weighted by Gasteiger charge is -2.12. The molecule has 0 unspecified atom stereocenters. The van der Waals surface area contributed by atoms with Gasteiger partial charge >= 0.3 is 0 Å². The Bertz CT molecular complexity index is 872. The molecule has 0 bridgehead atoms. The summed E-state index contributed by atoms with van der Waals surface area (Å²) in [6, 6.07) is 7.36. The zero-order valence-corrected chi connectivity index (χ0v) is 15.6. The first-order chi connectivity index (χ1) is 12.9. The molecule has 9 heteroatoms. The molecule has 0 radical (unpaired) electrons. The van der Waals surface area contributed by atoms with E-state index in [-0.39, 0.29) is 16.4 Å².